The number of carbonyl (C=O) groups is 1. The minimum absolute atomic E-state index is 0.0302. The molecule has 2 fully saturated rings. The first-order chi connectivity index (χ1) is 13.4. The largest absolute Gasteiger partial charge is 0.339 e. The van der Waals surface area contributed by atoms with Crippen LogP contribution in [0.4, 0.5) is 10.5 Å². The molecule has 1 atom stereocenters. The molecule has 1 aromatic heterocycles. The summed E-state index contributed by atoms with van der Waals surface area (Å²) in [5.74, 6) is 2.46. The lowest BCUT2D eigenvalue weighted by Gasteiger charge is -2.32. The molecule has 2 amide bonds. The highest BCUT2D eigenvalue weighted by molar-refractivity contribution is 5.89. The molecule has 4 rings (SSSR count). The van der Waals surface area contributed by atoms with E-state index in [1.165, 1.54) is 18.4 Å². The first-order valence-corrected chi connectivity index (χ1v) is 10.4. The maximum atomic E-state index is 12.7. The van der Waals surface area contributed by atoms with E-state index >= 15 is 0 Å². The summed E-state index contributed by atoms with van der Waals surface area (Å²) in [4.78, 5) is 19.2. The lowest BCUT2D eigenvalue weighted by molar-refractivity contribution is 0.173. The molecule has 1 N–H and O–H groups in total. The summed E-state index contributed by atoms with van der Waals surface area (Å²) in [6.45, 7) is 8.08. The fraction of sp³-hybridized carbons (Fsp3) is 0.591. The van der Waals surface area contributed by atoms with Crippen LogP contribution in [0.5, 0.6) is 0 Å². The minimum Gasteiger partial charge on any atom is -0.339 e. The number of anilines is 1. The van der Waals surface area contributed by atoms with Gasteiger partial charge in [0.05, 0.1) is 0 Å². The van der Waals surface area contributed by atoms with Crippen molar-refractivity contribution in [3.63, 3.8) is 0 Å². The van der Waals surface area contributed by atoms with Gasteiger partial charge >= 0.3 is 6.03 Å². The molecule has 1 saturated carbocycles. The number of piperidine rings is 1. The van der Waals surface area contributed by atoms with Crippen LogP contribution in [0.1, 0.15) is 69.7 Å². The van der Waals surface area contributed by atoms with Gasteiger partial charge in [0.15, 0.2) is 5.82 Å². The Morgan fingerprint density at radius 2 is 1.96 bits per heavy atom. The molecule has 1 aliphatic heterocycles. The topological polar surface area (TPSA) is 71.3 Å². The van der Waals surface area contributed by atoms with E-state index in [0.717, 1.165) is 43.9 Å². The quantitative estimate of drug-likeness (QED) is 0.830. The van der Waals surface area contributed by atoms with Crippen molar-refractivity contribution in [2.45, 2.75) is 64.2 Å². The van der Waals surface area contributed by atoms with Crippen molar-refractivity contribution in [2.24, 2.45) is 5.92 Å². The fourth-order valence-electron chi connectivity index (χ4n) is 3.78. The van der Waals surface area contributed by atoms with Gasteiger partial charge in [0.25, 0.3) is 0 Å². The summed E-state index contributed by atoms with van der Waals surface area (Å²) < 4.78 is 5.42. The number of urea groups is 1. The van der Waals surface area contributed by atoms with Crippen molar-refractivity contribution in [1.29, 1.82) is 0 Å². The van der Waals surface area contributed by atoms with Crippen LogP contribution in [-0.2, 0) is 11.8 Å². The number of nitrogens with one attached hydrogen (secondary N) is 1. The summed E-state index contributed by atoms with van der Waals surface area (Å²) in [6.07, 6.45) is 5.19. The molecule has 2 aromatic rings. The van der Waals surface area contributed by atoms with E-state index in [9.17, 15) is 4.79 Å². The highest BCUT2D eigenvalue weighted by Crippen LogP contribution is 2.38. The van der Waals surface area contributed by atoms with Gasteiger partial charge in [0.2, 0.25) is 5.89 Å². The van der Waals surface area contributed by atoms with E-state index < -0.39 is 0 Å². The van der Waals surface area contributed by atoms with E-state index in [2.05, 4.69) is 48.4 Å². The van der Waals surface area contributed by atoms with Gasteiger partial charge < -0.3 is 14.7 Å². The lowest BCUT2D eigenvalue weighted by Crippen LogP contribution is -2.42. The molecule has 0 bridgehead atoms. The predicted octanol–water partition coefficient (Wildman–Crippen LogP) is 4.73. The second kappa shape index (κ2) is 7.57. The van der Waals surface area contributed by atoms with Gasteiger partial charge in [-0.3, -0.25) is 0 Å². The third-order valence-electron chi connectivity index (χ3n) is 5.70. The van der Waals surface area contributed by atoms with Crippen LogP contribution < -0.4 is 5.32 Å². The average molecular weight is 383 g/mol. The molecule has 6 nitrogen and oxygen atoms in total. The highest BCUT2D eigenvalue weighted by atomic mass is 16.5. The molecule has 0 spiro atoms. The molecule has 1 aliphatic carbocycles. The van der Waals surface area contributed by atoms with E-state index in [1.807, 2.05) is 17.0 Å². The lowest BCUT2D eigenvalue weighted by atomic mass is 9.87. The number of hydrogen-bond acceptors (Lipinski definition) is 4. The Bertz CT molecular complexity index is 818. The first-order valence-electron chi connectivity index (χ1n) is 10.4. The first kappa shape index (κ1) is 19.0. The van der Waals surface area contributed by atoms with E-state index in [0.29, 0.717) is 17.7 Å². The molecule has 28 heavy (non-hydrogen) atoms. The summed E-state index contributed by atoms with van der Waals surface area (Å²) in [5.41, 5.74) is 2.20. The smallest absolute Gasteiger partial charge is 0.321 e. The number of carbonyl (C=O) groups excluding carboxylic acids is 1. The zero-order valence-electron chi connectivity index (χ0n) is 17.1. The Morgan fingerprint density at radius 3 is 2.64 bits per heavy atom. The zero-order chi connectivity index (χ0) is 19.7. The Kier molecular flexibility index (Phi) is 5.13. The van der Waals surface area contributed by atoms with E-state index in [-0.39, 0.29) is 11.4 Å². The molecule has 2 aliphatic rings. The molecule has 1 aromatic carbocycles. The molecular weight excluding hydrogens is 352 g/mol. The van der Waals surface area contributed by atoms with Crippen molar-refractivity contribution in [1.82, 2.24) is 15.0 Å². The summed E-state index contributed by atoms with van der Waals surface area (Å²) in [5, 5.41) is 7.14. The average Bonchev–Trinajstić information content (AvgIpc) is 3.41. The molecule has 0 radical (unpaired) electrons. The Balaban J connectivity index is 1.32. The number of amides is 2. The maximum Gasteiger partial charge on any atom is 0.321 e. The van der Waals surface area contributed by atoms with Crippen molar-refractivity contribution < 1.29 is 9.32 Å². The number of nitrogens with zero attached hydrogens (tertiary/aromatic N) is 3. The summed E-state index contributed by atoms with van der Waals surface area (Å²) in [6, 6.07) is 8.11. The maximum absolute atomic E-state index is 12.7. The Hall–Kier alpha value is -2.37. The molecule has 2 heterocycles. The third-order valence-corrected chi connectivity index (χ3v) is 5.70. The van der Waals surface area contributed by atoms with Gasteiger partial charge in [-0.15, -0.1) is 0 Å². The number of hydrogen-bond donors (Lipinski definition) is 1. The van der Waals surface area contributed by atoms with Crippen LogP contribution >= 0.6 is 0 Å². The van der Waals surface area contributed by atoms with Gasteiger partial charge in [-0.1, -0.05) is 38.1 Å². The molecule has 6 heteroatoms. The second-order valence-electron chi connectivity index (χ2n) is 9.24. The monoisotopic (exact) mass is 382 g/mol. The Labute approximate surface area is 166 Å². The number of rotatable bonds is 4. The van der Waals surface area contributed by atoms with Gasteiger partial charge in [-0.05, 0) is 54.7 Å². The highest BCUT2D eigenvalue weighted by Gasteiger charge is 2.30. The Morgan fingerprint density at radius 1 is 1.21 bits per heavy atom. The van der Waals surface area contributed by atoms with E-state index in [4.69, 9.17) is 4.52 Å². The van der Waals surface area contributed by atoms with Crippen molar-refractivity contribution in [3.8, 4) is 0 Å². The number of likely N-dealkylation sites (tertiary alicyclic amines) is 1. The van der Waals surface area contributed by atoms with Crippen molar-refractivity contribution >= 4 is 11.7 Å². The van der Waals surface area contributed by atoms with Crippen LogP contribution in [0.2, 0.25) is 0 Å². The third kappa shape index (κ3) is 4.54. The molecule has 1 saturated heterocycles. The van der Waals surface area contributed by atoms with Crippen LogP contribution in [0, 0.1) is 5.92 Å². The fourth-order valence-corrected chi connectivity index (χ4v) is 3.78. The van der Waals surface area contributed by atoms with Crippen LogP contribution in [0.25, 0.3) is 0 Å². The van der Waals surface area contributed by atoms with Crippen molar-refractivity contribution in [3.05, 3.63) is 41.5 Å². The van der Waals surface area contributed by atoms with E-state index in [1.54, 1.807) is 0 Å². The van der Waals surface area contributed by atoms with Crippen LogP contribution in [0.3, 0.4) is 0 Å². The molecule has 1 unspecified atom stereocenters. The normalized spacial score (nSPS) is 20.2. The summed E-state index contributed by atoms with van der Waals surface area (Å²) >= 11 is 0. The van der Waals surface area contributed by atoms with Crippen LogP contribution in [0.15, 0.2) is 28.8 Å². The molecule has 150 valence electrons. The molecular formula is C22H30N4O2. The van der Waals surface area contributed by atoms with Gasteiger partial charge in [0.1, 0.15) is 0 Å². The van der Waals surface area contributed by atoms with Crippen molar-refractivity contribution in [2.75, 3.05) is 18.4 Å². The zero-order valence-corrected chi connectivity index (χ0v) is 17.1. The summed E-state index contributed by atoms with van der Waals surface area (Å²) in [7, 11) is 0. The predicted molar refractivity (Wildman–Crippen MR) is 108 cm³/mol. The minimum atomic E-state index is -0.0302. The standard InChI is InChI=1S/C22H30N4O2/c1-22(2,3)17-8-10-18(11-9-17)23-21(27)26-12-4-5-15(14-26)13-19-24-20(25-28-19)16-6-7-16/h8-11,15-16H,4-7,12-14H2,1-3H3,(H,23,27). The SMILES string of the molecule is CC(C)(C)c1ccc(NC(=O)N2CCCC(Cc3nc(C4CC4)no3)C2)cc1. The van der Waals surface area contributed by atoms with Crippen LogP contribution in [-0.4, -0.2) is 34.2 Å². The number of aromatic nitrogens is 2. The van der Waals surface area contributed by atoms with Gasteiger partial charge in [-0.25, -0.2) is 4.79 Å². The van der Waals surface area contributed by atoms with Gasteiger partial charge in [0, 0.05) is 31.1 Å². The van der Waals surface area contributed by atoms with Gasteiger partial charge in [-0.2, -0.15) is 4.98 Å². The number of benzene rings is 1. The second-order valence-corrected chi connectivity index (χ2v) is 9.24.